The molecule has 2 heteroatoms. The van der Waals surface area contributed by atoms with Gasteiger partial charge in [0.25, 0.3) is 0 Å². The van der Waals surface area contributed by atoms with E-state index in [2.05, 4.69) is 6.58 Å². The molecule has 10 heavy (non-hydrogen) atoms. The summed E-state index contributed by atoms with van der Waals surface area (Å²) >= 11 is 5.75. The van der Waals surface area contributed by atoms with Gasteiger partial charge < -0.3 is 0 Å². The van der Waals surface area contributed by atoms with E-state index >= 15 is 0 Å². The SMILES string of the molecule is C=Cc1ccccc1Cl.S. The average molecular weight is 173 g/mol. The number of halogens is 1. The molecule has 0 radical (unpaired) electrons. The molecule has 0 N–H and O–H groups in total. The molecule has 1 aromatic rings. The van der Waals surface area contributed by atoms with E-state index in [4.69, 9.17) is 11.6 Å². The number of benzene rings is 1. The standard InChI is InChI=1S/C8H7Cl.H2S/c1-2-7-5-3-4-6-8(7)9;/h2-6H,1H2;1H2. The molecule has 0 heterocycles. The molecule has 0 aliphatic rings. The monoisotopic (exact) mass is 172 g/mol. The molecule has 0 aromatic heterocycles. The highest BCUT2D eigenvalue weighted by Gasteiger charge is 1.89. The summed E-state index contributed by atoms with van der Waals surface area (Å²) in [5.74, 6) is 0. The van der Waals surface area contributed by atoms with Gasteiger partial charge in [0.2, 0.25) is 0 Å². The van der Waals surface area contributed by atoms with Crippen molar-refractivity contribution in [3.8, 4) is 0 Å². The highest BCUT2D eigenvalue weighted by Crippen LogP contribution is 2.14. The summed E-state index contributed by atoms with van der Waals surface area (Å²) in [5.41, 5.74) is 0.985. The Morgan fingerprint density at radius 1 is 1.30 bits per heavy atom. The number of hydrogen-bond donors (Lipinski definition) is 0. The smallest absolute Gasteiger partial charge is 0.0478 e. The minimum absolute atomic E-state index is 0. The van der Waals surface area contributed by atoms with Crippen molar-refractivity contribution >= 4 is 31.2 Å². The van der Waals surface area contributed by atoms with Gasteiger partial charge in [0.1, 0.15) is 0 Å². The van der Waals surface area contributed by atoms with E-state index in [-0.39, 0.29) is 13.5 Å². The molecule has 0 saturated carbocycles. The van der Waals surface area contributed by atoms with Crippen molar-refractivity contribution in [3.63, 3.8) is 0 Å². The van der Waals surface area contributed by atoms with Crippen molar-refractivity contribution in [1.82, 2.24) is 0 Å². The van der Waals surface area contributed by atoms with Crippen LogP contribution in [-0.2, 0) is 0 Å². The Hall–Kier alpha value is -0.400. The third kappa shape index (κ3) is 2.09. The first-order valence-electron chi connectivity index (χ1n) is 2.71. The zero-order valence-electron chi connectivity index (χ0n) is 5.47. The lowest BCUT2D eigenvalue weighted by molar-refractivity contribution is 1.66. The second-order valence-corrected chi connectivity index (χ2v) is 2.13. The molecular weight excluding hydrogens is 164 g/mol. The van der Waals surface area contributed by atoms with Crippen LogP contribution < -0.4 is 0 Å². The van der Waals surface area contributed by atoms with Crippen LogP contribution in [-0.4, -0.2) is 0 Å². The summed E-state index contributed by atoms with van der Waals surface area (Å²) in [6.07, 6.45) is 1.74. The fourth-order valence-corrected chi connectivity index (χ4v) is 0.854. The molecule has 0 aliphatic heterocycles. The van der Waals surface area contributed by atoms with Gasteiger partial charge in [0.15, 0.2) is 0 Å². The van der Waals surface area contributed by atoms with Gasteiger partial charge in [0.05, 0.1) is 0 Å². The van der Waals surface area contributed by atoms with Crippen LogP contribution >= 0.6 is 25.1 Å². The summed E-state index contributed by atoms with van der Waals surface area (Å²) in [7, 11) is 0. The van der Waals surface area contributed by atoms with E-state index in [0.717, 1.165) is 10.6 Å². The van der Waals surface area contributed by atoms with Gasteiger partial charge in [-0.1, -0.05) is 42.5 Å². The number of hydrogen-bond acceptors (Lipinski definition) is 0. The van der Waals surface area contributed by atoms with Crippen LogP contribution in [0.5, 0.6) is 0 Å². The van der Waals surface area contributed by atoms with Crippen LogP contribution in [0.25, 0.3) is 6.08 Å². The minimum Gasteiger partial charge on any atom is -0.197 e. The summed E-state index contributed by atoms with van der Waals surface area (Å²) in [5, 5.41) is 0.757. The highest BCUT2D eigenvalue weighted by atomic mass is 35.5. The zero-order chi connectivity index (χ0) is 6.69. The Morgan fingerprint density at radius 2 is 1.90 bits per heavy atom. The largest absolute Gasteiger partial charge is 0.197 e. The van der Waals surface area contributed by atoms with E-state index in [1.54, 1.807) is 6.08 Å². The van der Waals surface area contributed by atoms with Crippen LogP contribution in [0.3, 0.4) is 0 Å². The second-order valence-electron chi connectivity index (χ2n) is 1.73. The molecule has 0 saturated heterocycles. The first-order valence-corrected chi connectivity index (χ1v) is 3.09. The molecule has 0 atom stereocenters. The predicted molar refractivity (Wildman–Crippen MR) is 51.9 cm³/mol. The van der Waals surface area contributed by atoms with Gasteiger partial charge >= 0.3 is 0 Å². The molecule has 1 aromatic carbocycles. The first kappa shape index (κ1) is 9.60. The lowest BCUT2D eigenvalue weighted by Crippen LogP contribution is -1.69. The van der Waals surface area contributed by atoms with Crippen molar-refractivity contribution < 1.29 is 0 Å². The third-order valence-corrected chi connectivity index (χ3v) is 1.47. The Labute approximate surface area is 73.0 Å². The Morgan fingerprint density at radius 3 is 2.30 bits per heavy atom. The quantitative estimate of drug-likeness (QED) is 0.611. The molecule has 0 amide bonds. The Kier molecular flexibility index (Phi) is 4.24. The van der Waals surface area contributed by atoms with Crippen LogP contribution in [0.4, 0.5) is 0 Å². The fraction of sp³-hybridized carbons (Fsp3) is 0. The maximum atomic E-state index is 5.75. The molecule has 0 nitrogen and oxygen atoms in total. The van der Waals surface area contributed by atoms with Crippen molar-refractivity contribution in [2.24, 2.45) is 0 Å². The average Bonchev–Trinajstić information content (AvgIpc) is 1.89. The lowest BCUT2D eigenvalue weighted by Gasteiger charge is -1.92. The van der Waals surface area contributed by atoms with Crippen molar-refractivity contribution in [2.45, 2.75) is 0 Å². The summed E-state index contributed by atoms with van der Waals surface area (Å²) < 4.78 is 0. The van der Waals surface area contributed by atoms with E-state index in [1.165, 1.54) is 0 Å². The molecule has 1 rings (SSSR count). The van der Waals surface area contributed by atoms with Crippen molar-refractivity contribution in [1.29, 1.82) is 0 Å². The first-order chi connectivity index (χ1) is 4.34. The number of rotatable bonds is 1. The maximum Gasteiger partial charge on any atom is 0.0478 e. The minimum atomic E-state index is 0. The molecule has 0 fully saturated rings. The van der Waals surface area contributed by atoms with Gasteiger partial charge in [-0.3, -0.25) is 0 Å². The van der Waals surface area contributed by atoms with Gasteiger partial charge in [-0.2, -0.15) is 13.5 Å². The van der Waals surface area contributed by atoms with Crippen molar-refractivity contribution in [2.75, 3.05) is 0 Å². The molecule has 0 bridgehead atoms. The van der Waals surface area contributed by atoms with E-state index in [9.17, 15) is 0 Å². The van der Waals surface area contributed by atoms with Gasteiger partial charge in [-0.25, -0.2) is 0 Å². The van der Waals surface area contributed by atoms with Crippen LogP contribution in [0, 0.1) is 0 Å². The molecule has 0 aliphatic carbocycles. The molecule has 54 valence electrons. The molecular formula is C8H9ClS. The molecule has 0 unspecified atom stereocenters. The van der Waals surface area contributed by atoms with Crippen LogP contribution in [0.2, 0.25) is 5.02 Å². The maximum absolute atomic E-state index is 5.75. The van der Waals surface area contributed by atoms with Gasteiger partial charge in [-0.05, 0) is 11.6 Å². The van der Waals surface area contributed by atoms with Gasteiger partial charge in [-0.15, -0.1) is 0 Å². The normalized spacial score (nSPS) is 8.10. The van der Waals surface area contributed by atoms with E-state index in [0.29, 0.717) is 0 Å². The van der Waals surface area contributed by atoms with E-state index in [1.807, 2.05) is 24.3 Å². The Bertz CT molecular complexity index is 220. The lowest BCUT2D eigenvalue weighted by atomic mass is 10.2. The van der Waals surface area contributed by atoms with Crippen LogP contribution in [0.1, 0.15) is 5.56 Å². The molecule has 0 spiro atoms. The summed E-state index contributed by atoms with van der Waals surface area (Å²) in [4.78, 5) is 0. The van der Waals surface area contributed by atoms with Crippen LogP contribution in [0.15, 0.2) is 30.8 Å². The van der Waals surface area contributed by atoms with Crippen molar-refractivity contribution in [3.05, 3.63) is 41.4 Å². The second kappa shape index (κ2) is 4.42. The highest BCUT2D eigenvalue weighted by molar-refractivity contribution is 7.59. The van der Waals surface area contributed by atoms with E-state index < -0.39 is 0 Å². The Balaban J connectivity index is 0.000000810. The summed E-state index contributed by atoms with van der Waals surface area (Å²) in [6.45, 7) is 3.61. The summed E-state index contributed by atoms with van der Waals surface area (Å²) in [6, 6.07) is 7.60. The fourth-order valence-electron chi connectivity index (χ4n) is 0.641. The zero-order valence-corrected chi connectivity index (χ0v) is 7.23. The third-order valence-electron chi connectivity index (χ3n) is 1.13. The van der Waals surface area contributed by atoms with Gasteiger partial charge in [0, 0.05) is 5.02 Å². The predicted octanol–water partition coefficient (Wildman–Crippen LogP) is 3.10. The topological polar surface area (TPSA) is 0 Å².